The first kappa shape index (κ1) is 9.45. The lowest BCUT2D eigenvalue weighted by Gasteiger charge is -2.04. The lowest BCUT2D eigenvalue weighted by molar-refractivity contribution is 0.0995. The van der Waals surface area contributed by atoms with Gasteiger partial charge >= 0.3 is 0 Å². The molecule has 0 bridgehead atoms. The molecule has 0 aliphatic carbocycles. The Kier molecular flexibility index (Phi) is 2.80. The number of amides is 1. The molecule has 0 saturated carbocycles. The molecular weight excluding hydrogens is 169 g/mol. The Balaban J connectivity index is 3.25. The third-order valence-corrected chi connectivity index (χ3v) is 1.71. The van der Waals surface area contributed by atoms with Gasteiger partial charge in [-0.1, -0.05) is 18.2 Å². The van der Waals surface area contributed by atoms with Gasteiger partial charge in [-0.3, -0.25) is 4.79 Å². The number of rotatable bonds is 3. The van der Waals surface area contributed by atoms with E-state index >= 15 is 0 Å². The van der Waals surface area contributed by atoms with E-state index in [9.17, 15) is 9.18 Å². The molecule has 1 aromatic carbocycles. The first-order valence-electron chi connectivity index (χ1n) is 3.85. The van der Waals surface area contributed by atoms with Gasteiger partial charge in [-0.15, -0.1) is 6.58 Å². The van der Waals surface area contributed by atoms with Crippen LogP contribution >= 0.6 is 0 Å². The van der Waals surface area contributed by atoms with Gasteiger partial charge in [0.1, 0.15) is 5.82 Å². The lowest BCUT2D eigenvalue weighted by Crippen LogP contribution is -2.15. The van der Waals surface area contributed by atoms with Crippen molar-refractivity contribution in [1.29, 1.82) is 0 Å². The zero-order valence-corrected chi connectivity index (χ0v) is 7.09. The number of allylic oxidation sites excluding steroid dienone is 1. The van der Waals surface area contributed by atoms with Gasteiger partial charge in [-0.25, -0.2) is 4.39 Å². The highest BCUT2D eigenvalue weighted by Crippen LogP contribution is 2.13. The zero-order chi connectivity index (χ0) is 9.84. The molecule has 1 amide bonds. The van der Waals surface area contributed by atoms with Crippen LogP contribution in [0.5, 0.6) is 0 Å². The quantitative estimate of drug-likeness (QED) is 0.704. The monoisotopic (exact) mass is 179 g/mol. The first-order chi connectivity index (χ1) is 6.16. The summed E-state index contributed by atoms with van der Waals surface area (Å²) in [6, 6.07) is 4.41. The summed E-state index contributed by atoms with van der Waals surface area (Å²) in [7, 11) is 0. The summed E-state index contributed by atoms with van der Waals surface area (Å²) < 4.78 is 13.1. The number of hydrogen-bond acceptors (Lipinski definition) is 1. The standard InChI is InChI=1S/C10H10FNO/c1-2-4-7-5-3-6-8(11)9(7)10(12)13/h2-3,5-6H,1,4H2,(H2,12,13). The molecule has 3 heteroatoms. The number of carbonyl (C=O) groups excluding carboxylic acids is 1. The van der Waals surface area contributed by atoms with E-state index in [1.165, 1.54) is 6.07 Å². The molecule has 2 nitrogen and oxygen atoms in total. The van der Waals surface area contributed by atoms with Gasteiger partial charge in [0.05, 0.1) is 5.56 Å². The predicted octanol–water partition coefficient (Wildman–Crippen LogP) is 1.65. The minimum Gasteiger partial charge on any atom is -0.365 e. The second kappa shape index (κ2) is 3.85. The fourth-order valence-electron chi connectivity index (χ4n) is 1.17. The number of carbonyl (C=O) groups is 1. The highest BCUT2D eigenvalue weighted by atomic mass is 19.1. The van der Waals surface area contributed by atoms with E-state index in [-0.39, 0.29) is 5.56 Å². The van der Waals surface area contributed by atoms with E-state index in [1.807, 2.05) is 0 Å². The largest absolute Gasteiger partial charge is 0.365 e. The van der Waals surface area contributed by atoms with Crippen LogP contribution in [0.4, 0.5) is 4.39 Å². The van der Waals surface area contributed by atoms with Crippen LogP contribution in [-0.4, -0.2) is 5.91 Å². The molecule has 1 aromatic rings. The van der Waals surface area contributed by atoms with Crippen LogP contribution in [0.1, 0.15) is 15.9 Å². The van der Waals surface area contributed by atoms with E-state index in [4.69, 9.17) is 5.73 Å². The second-order valence-corrected chi connectivity index (χ2v) is 2.63. The third-order valence-electron chi connectivity index (χ3n) is 1.71. The Hall–Kier alpha value is -1.64. The van der Waals surface area contributed by atoms with Gasteiger partial charge in [-0.2, -0.15) is 0 Å². The Morgan fingerprint density at radius 1 is 1.62 bits per heavy atom. The molecule has 0 aliphatic heterocycles. The summed E-state index contributed by atoms with van der Waals surface area (Å²) in [5, 5.41) is 0. The fraction of sp³-hybridized carbons (Fsp3) is 0.100. The van der Waals surface area contributed by atoms with Crippen LogP contribution in [0, 0.1) is 5.82 Å². The minimum absolute atomic E-state index is 0.0394. The van der Waals surface area contributed by atoms with Crippen molar-refractivity contribution < 1.29 is 9.18 Å². The van der Waals surface area contributed by atoms with Gasteiger partial charge in [-0.05, 0) is 18.1 Å². The maximum atomic E-state index is 13.1. The molecule has 0 spiro atoms. The van der Waals surface area contributed by atoms with Crippen molar-refractivity contribution in [2.75, 3.05) is 0 Å². The molecule has 0 heterocycles. The molecule has 0 unspecified atom stereocenters. The van der Waals surface area contributed by atoms with E-state index in [2.05, 4.69) is 6.58 Å². The highest BCUT2D eigenvalue weighted by Gasteiger charge is 2.11. The second-order valence-electron chi connectivity index (χ2n) is 2.63. The van der Waals surface area contributed by atoms with Crippen molar-refractivity contribution in [1.82, 2.24) is 0 Å². The maximum absolute atomic E-state index is 13.1. The average Bonchev–Trinajstić information content (AvgIpc) is 2.04. The average molecular weight is 179 g/mol. The van der Waals surface area contributed by atoms with Crippen LogP contribution < -0.4 is 5.73 Å². The zero-order valence-electron chi connectivity index (χ0n) is 7.09. The van der Waals surface area contributed by atoms with E-state index in [0.29, 0.717) is 12.0 Å². The number of primary amides is 1. The summed E-state index contributed by atoms with van der Waals surface area (Å²) in [6.07, 6.45) is 2.04. The van der Waals surface area contributed by atoms with Crippen molar-refractivity contribution in [3.63, 3.8) is 0 Å². The summed E-state index contributed by atoms with van der Waals surface area (Å²) in [6.45, 7) is 3.51. The lowest BCUT2D eigenvalue weighted by atomic mass is 10.0. The van der Waals surface area contributed by atoms with E-state index < -0.39 is 11.7 Å². The summed E-state index contributed by atoms with van der Waals surface area (Å²) in [4.78, 5) is 10.9. The van der Waals surface area contributed by atoms with Crippen LogP contribution in [0.2, 0.25) is 0 Å². The summed E-state index contributed by atoms with van der Waals surface area (Å²) >= 11 is 0. The molecule has 0 saturated heterocycles. The van der Waals surface area contributed by atoms with Gasteiger partial charge in [0, 0.05) is 0 Å². The molecule has 2 N–H and O–H groups in total. The number of hydrogen-bond donors (Lipinski definition) is 1. The Morgan fingerprint density at radius 2 is 2.31 bits per heavy atom. The van der Waals surface area contributed by atoms with Gasteiger partial charge in [0.2, 0.25) is 0 Å². The first-order valence-corrected chi connectivity index (χ1v) is 3.85. The topological polar surface area (TPSA) is 43.1 Å². The van der Waals surface area contributed by atoms with E-state index in [1.54, 1.807) is 18.2 Å². The molecule has 68 valence electrons. The highest BCUT2D eigenvalue weighted by molar-refractivity contribution is 5.94. The Bertz CT molecular complexity index is 347. The summed E-state index contributed by atoms with van der Waals surface area (Å²) in [5.41, 5.74) is 5.56. The van der Waals surface area contributed by atoms with Gasteiger partial charge in [0.15, 0.2) is 0 Å². The fourth-order valence-corrected chi connectivity index (χ4v) is 1.17. The van der Waals surface area contributed by atoms with Crippen LogP contribution in [0.15, 0.2) is 30.9 Å². The van der Waals surface area contributed by atoms with Crippen molar-refractivity contribution in [2.24, 2.45) is 5.73 Å². The molecule has 13 heavy (non-hydrogen) atoms. The van der Waals surface area contributed by atoms with Crippen LogP contribution in [-0.2, 0) is 6.42 Å². The molecule has 0 atom stereocenters. The van der Waals surface area contributed by atoms with Crippen molar-refractivity contribution in [3.8, 4) is 0 Å². The molecule has 0 aromatic heterocycles. The third kappa shape index (κ3) is 1.93. The smallest absolute Gasteiger partial charge is 0.251 e. The maximum Gasteiger partial charge on any atom is 0.251 e. The predicted molar refractivity (Wildman–Crippen MR) is 48.8 cm³/mol. The van der Waals surface area contributed by atoms with Crippen LogP contribution in [0.3, 0.4) is 0 Å². The molecule has 0 aliphatic rings. The number of halogens is 1. The van der Waals surface area contributed by atoms with E-state index in [0.717, 1.165) is 0 Å². The molecule has 0 radical (unpaired) electrons. The van der Waals surface area contributed by atoms with Crippen molar-refractivity contribution >= 4 is 5.91 Å². The summed E-state index contributed by atoms with van der Waals surface area (Å²) in [5.74, 6) is -1.32. The Labute approximate surface area is 75.9 Å². The normalized spacial score (nSPS) is 9.62. The minimum atomic E-state index is -0.741. The van der Waals surface area contributed by atoms with Crippen LogP contribution in [0.25, 0.3) is 0 Å². The number of benzene rings is 1. The van der Waals surface area contributed by atoms with Gasteiger partial charge in [0.25, 0.3) is 5.91 Å². The Morgan fingerprint density at radius 3 is 2.85 bits per heavy atom. The van der Waals surface area contributed by atoms with Crippen molar-refractivity contribution in [3.05, 3.63) is 47.8 Å². The molecular formula is C10H10FNO. The number of nitrogens with two attached hydrogens (primary N) is 1. The van der Waals surface area contributed by atoms with Crippen molar-refractivity contribution in [2.45, 2.75) is 6.42 Å². The molecule has 1 rings (SSSR count). The molecule has 0 fully saturated rings. The van der Waals surface area contributed by atoms with Gasteiger partial charge < -0.3 is 5.73 Å². The SMILES string of the molecule is C=CCc1cccc(F)c1C(N)=O.